The van der Waals surface area contributed by atoms with Crippen LogP contribution in [0.1, 0.15) is 12.5 Å². The molecule has 1 aromatic carbocycles. The highest BCUT2D eigenvalue weighted by molar-refractivity contribution is 7.89. The standard InChI is InChI=1S/C16H22F3N3O3S/c1-12(15(23)20(2)3)21-8-10-22(11-9-21)26(24,25)14-7-5-4-6-13(14)16(17,18)19/h4-7,12H,8-11H2,1-3H3/t12-/m1/s1. The fourth-order valence-corrected chi connectivity index (χ4v) is 4.56. The third kappa shape index (κ3) is 4.18. The molecule has 6 nitrogen and oxygen atoms in total. The Balaban J connectivity index is 2.18. The van der Waals surface area contributed by atoms with Crippen LogP contribution in [0.15, 0.2) is 29.2 Å². The van der Waals surface area contributed by atoms with Crippen molar-refractivity contribution in [2.45, 2.75) is 24.0 Å². The van der Waals surface area contributed by atoms with E-state index in [0.717, 1.165) is 22.5 Å². The molecule has 1 aliphatic rings. The van der Waals surface area contributed by atoms with Crippen LogP contribution in [0, 0.1) is 0 Å². The molecule has 0 spiro atoms. The molecule has 10 heteroatoms. The SMILES string of the molecule is C[C@H](C(=O)N(C)C)N1CCN(S(=O)(=O)c2ccccc2C(F)(F)F)CC1. The van der Waals surface area contributed by atoms with E-state index in [1.54, 1.807) is 21.0 Å². The summed E-state index contributed by atoms with van der Waals surface area (Å²) in [6, 6.07) is 3.76. The number of hydrogen-bond acceptors (Lipinski definition) is 4. The second-order valence-corrected chi connectivity index (χ2v) is 8.25. The predicted octanol–water partition coefficient (Wildman–Crippen LogP) is 1.49. The first-order valence-electron chi connectivity index (χ1n) is 8.08. The molecule has 0 radical (unpaired) electrons. The van der Waals surface area contributed by atoms with Gasteiger partial charge in [0.15, 0.2) is 0 Å². The van der Waals surface area contributed by atoms with Gasteiger partial charge in [-0.05, 0) is 19.1 Å². The third-order valence-corrected chi connectivity index (χ3v) is 6.39. The number of benzene rings is 1. The quantitative estimate of drug-likeness (QED) is 0.778. The molecular formula is C16H22F3N3O3S. The van der Waals surface area contributed by atoms with Gasteiger partial charge >= 0.3 is 6.18 Å². The van der Waals surface area contributed by atoms with Gasteiger partial charge in [-0.2, -0.15) is 17.5 Å². The van der Waals surface area contributed by atoms with E-state index in [1.165, 1.54) is 11.0 Å². The van der Waals surface area contributed by atoms with Crippen LogP contribution in [0.5, 0.6) is 0 Å². The lowest BCUT2D eigenvalue weighted by Crippen LogP contribution is -2.54. The Morgan fingerprint density at radius 3 is 2.15 bits per heavy atom. The maximum atomic E-state index is 13.1. The van der Waals surface area contributed by atoms with Gasteiger partial charge in [0.2, 0.25) is 15.9 Å². The average Bonchev–Trinajstić information content (AvgIpc) is 2.59. The van der Waals surface area contributed by atoms with Gasteiger partial charge in [-0.1, -0.05) is 12.1 Å². The lowest BCUT2D eigenvalue weighted by molar-refractivity contribution is -0.140. The summed E-state index contributed by atoms with van der Waals surface area (Å²) in [7, 11) is -1.01. The molecule has 1 amide bonds. The predicted molar refractivity (Wildman–Crippen MR) is 89.9 cm³/mol. The number of amides is 1. The number of rotatable bonds is 4. The Morgan fingerprint density at radius 1 is 1.12 bits per heavy atom. The number of carbonyl (C=O) groups is 1. The number of carbonyl (C=O) groups excluding carboxylic acids is 1. The van der Waals surface area contributed by atoms with E-state index in [1.807, 2.05) is 4.90 Å². The van der Waals surface area contributed by atoms with Gasteiger partial charge in [0.25, 0.3) is 0 Å². The molecule has 2 rings (SSSR count). The first-order valence-corrected chi connectivity index (χ1v) is 9.52. The maximum Gasteiger partial charge on any atom is 0.417 e. The van der Waals surface area contributed by atoms with Crippen molar-refractivity contribution in [3.05, 3.63) is 29.8 Å². The fourth-order valence-electron chi connectivity index (χ4n) is 2.93. The summed E-state index contributed by atoms with van der Waals surface area (Å²) >= 11 is 0. The van der Waals surface area contributed by atoms with Gasteiger partial charge in [-0.25, -0.2) is 8.42 Å². The highest BCUT2D eigenvalue weighted by Crippen LogP contribution is 2.35. The molecule has 1 atom stereocenters. The number of sulfonamides is 1. The van der Waals surface area contributed by atoms with Crippen molar-refractivity contribution in [3.8, 4) is 0 Å². The van der Waals surface area contributed by atoms with Gasteiger partial charge < -0.3 is 4.90 Å². The number of nitrogens with zero attached hydrogens (tertiary/aromatic N) is 3. The number of alkyl halides is 3. The Kier molecular flexibility index (Phi) is 5.99. The molecule has 0 aliphatic carbocycles. The van der Waals surface area contributed by atoms with Gasteiger partial charge in [0, 0.05) is 40.3 Å². The molecule has 1 fully saturated rings. The molecule has 146 valence electrons. The molecule has 0 saturated carbocycles. The van der Waals surface area contributed by atoms with Crippen molar-refractivity contribution in [2.75, 3.05) is 40.3 Å². The van der Waals surface area contributed by atoms with E-state index in [-0.39, 0.29) is 32.1 Å². The largest absolute Gasteiger partial charge is 0.417 e. The minimum Gasteiger partial charge on any atom is -0.347 e. The van der Waals surface area contributed by atoms with Gasteiger partial charge in [-0.3, -0.25) is 9.69 Å². The lowest BCUT2D eigenvalue weighted by Gasteiger charge is -2.37. The summed E-state index contributed by atoms with van der Waals surface area (Å²) in [6.45, 7) is 2.33. The van der Waals surface area contributed by atoms with Crippen LogP contribution in [-0.4, -0.2) is 74.7 Å². The Morgan fingerprint density at radius 2 is 1.65 bits per heavy atom. The molecule has 1 heterocycles. The summed E-state index contributed by atoms with van der Waals surface area (Å²) < 4.78 is 65.9. The second kappa shape index (κ2) is 7.53. The van der Waals surface area contributed by atoms with Gasteiger partial charge in [-0.15, -0.1) is 0 Å². The van der Waals surface area contributed by atoms with Crippen molar-refractivity contribution in [1.82, 2.24) is 14.1 Å². The van der Waals surface area contributed by atoms with Crippen LogP contribution < -0.4 is 0 Å². The van der Waals surface area contributed by atoms with Crippen LogP contribution in [0.2, 0.25) is 0 Å². The number of halogens is 3. The molecule has 0 bridgehead atoms. The smallest absolute Gasteiger partial charge is 0.347 e. The second-order valence-electron chi connectivity index (χ2n) is 6.34. The van der Waals surface area contributed by atoms with Crippen LogP contribution >= 0.6 is 0 Å². The van der Waals surface area contributed by atoms with E-state index in [4.69, 9.17) is 0 Å². The minimum absolute atomic E-state index is 0.0274. The van der Waals surface area contributed by atoms with Crippen LogP contribution in [0.25, 0.3) is 0 Å². The Hall–Kier alpha value is -1.65. The summed E-state index contributed by atoms with van der Waals surface area (Å²) in [6.07, 6.45) is -4.75. The van der Waals surface area contributed by atoms with Crippen LogP contribution in [-0.2, 0) is 21.0 Å². The molecule has 26 heavy (non-hydrogen) atoms. The zero-order valence-electron chi connectivity index (χ0n) is 14.8. The fraction of sp³-hybridized carbons (Fsp3) is 0.562. The summed E-state index contributed by atoms with van der Waals surface area (Å²) in [5, 5.41) is 0. The van der Waals surface area contributed by atoms with Gasteiger partial charge in [0.1, 0.15) is 0 Å². The minimum atomic E-state index is -4.75. The zero-order valence-corrected chi connectivity index (χ0v) is 15.6. The van der Waals surface area contributed by atoms with E-state index >= 15 is 0 Å². The van der Waals surface area contributed by atoms with Crippen molar-refractivity contribution < 1.29 is 26.4 Å². The van der Waals surface area contributed by atoms with Crippen molar-refractivity contribution >= 4 is 15.9 Å². The van der Waals surface area contributed by atoms with E-state index in [9.17, 15) is 26.4 Å². The van der Waals surface area contributed by atoms with Crippen molar-refractivity contribution in [2.24, 2.45) is 0 Å². The summed E-state index contributed by atoms with van der Waals surface area (Å²) in [5.41, 5.74) is -1.17. The van der Waals surface area contributed by atoms with E-state index < -0.39 is 32.7 Å². The normalized spacial score (nSPS) is 18.5. The zero-order chi connectivity index (χ0) is 19.7. The molecule has 0 aromatic heterocycles. The molecular weight excluding hydrogens is 371 g/mol. The third-order valence-electron chi connectivity index (χ3n) is 4.43. The summed E-state index contributed by atoms with van der Waals surface area (Å²) in [5.74, 6) is -0.108. The van der Waals surface area contributed by atoms with E-state index in [2.05, 4.69) is 0 Å². The molecule has 0 N–H and O–H groups in total. The van der Waals surface area contributed by atoms with Crippen molar-refractivity contribution in [3.63, 3.8) is 0 Å². The van der Waals surface area contributed by atoms with Crippen LogP contribution in [0.4, 0.5) is 13.2 Å². The first kappa shape index (κ1) is 20.7. The van der Waals surface area contributed by atoms with Crippen molar-refractivity contribution in [1.29, 1.82) is 0 Å². The van der Waals surface area contributed by atoms with E-state index in [0.29, 0.717) is 0 Å². The summed E-state index contributed by atoms with van der Waals surface area (Å²) in [4.78, 5) is 14.6. The maximum absolute atomic E-state index is 13.1. The first-order chi connectivity index (χ1) is 12.0. The molecule has 1 saturated heterocycles. The highest BCUT2D eigenvalue weighted by atomic mass is 32.2. The monoisotopic (exact) mass is 393 g/mol. The Labute approximate surface area is 151 Å². The van der Waals surface area contributed by atoms with Gasteiger partial charge in [0.05, 0.1) is 16.5 Å². The number of likely N-dealkylation sites (N-methyl/N-ethyl adjacent to an activating group) is 1. The molecule has 0 unspecified atom stereocenters. The molecule has 1 aliphatic heterocycles. The number of piperazine rings is 1. The molecule has 1 aromatic rings. The number of hydrogen-bond donors (Lipinski definition) is 0. The topological polar surface area (TPSA) is 60.9 Å². The lowest BCUT2D eigenvalue weighted by atomic mass is 10.2. The highest BCUT2D eigenvalue weighted by Gasteiger charge is 2.40. The average molecular weight is 393 g/mol. The van der Waals surface area contributed by atoms with Crippen LogP contribution in [0.3, 0.4) is 0 Å². The Bertz CT molecular complexity index is 757.